The molecule has 0 spiro atoms. The molecule has 31 heavy (non-hydrogen) atoms. The van der Waals surface area contributed by atoms with Gasteiger partial charge in [0, 0.05) is 23.8 Å². The Labute approximate surface area is 186 Å². The fourth-order valence-corrected chi connectivity index (χ4v) is 5.84. The number of aromatic nitrogens is 2. The molecule has 160 valence electrons. The number of carbonyl (C=O) groups excluding carboxylic acids is 1. The standard InChI is InChI=1S/C25H25ClFN3O/c1-14(30-25(31)24-4-2-19(26)13-29-24)15-8-16-10-18(11-17(16)9-15)21-6-7-28-23-5-3-20(27)12-22(21)23/h2-7,12-18H,8-11H2,1H3,(H,30,31)/t14?,15?,16-,17+,18?. The van der Waals surface area contributed by atoms with Crippen LogP contribution in [0.3, 0.4) is 0 Å². The van der Waals surface area contributed by atoms with E-state index in [0.29, 0.717) is 34.4 Å². The summed E-state index contributed by atoms with van der Waals surface area (Å²) in [5.41, 5.74) is 2.48. The summed E-state index contributed by atoms with van der Waals surface area (Å²) in [5, 5.41) is 4.59. The second-order valence-electron chi connectivity index (χ2n) is 9.11. The molecule has 3 aromatic rings. The van der Waals surface area contributed by atoms with Crippen LogP contribution >= 0.6 is 11.6 Å². The summed E-state index contributed by atoms with van der Waals surface area (Å²) < 4.78 is 13.8. The molecule has 5 atom stereocenters. The van der Waals surface area contributed by atoms with Gasteiger partial charge in [-0.1, -0.05) is 11.6 Å². The summed E-state index contributed by atoms with van der Waals surface area (Å²) in [6, 6.07) is 10.4. The van der Waals surface area contributed by atoms with Gasteiger partial charge in [0.05, 0.1) is 10.5 Å². The maximum Gasteiger partial charge on any atom is 0.270 e. The van der Waals surface area contributed by atoms with Gasteiger partial charge in [-0.25, -0.2) is 9.37 Å². The highest BCUT2D eigenvalue weighted by Crippen LogP contribution is 2.53. The average Bonchev–Trinajstić information content (AvgIpc) is 3.33. The molecule has 2 fully saturated rings. The fourth-order valence-electron chi connectivity index (χ4n) is 5.73. The van der Waals surface area contributed by atoms with Crippen LogP contribution in [-0.4, -0.2) is 21.9 Å². The smallest absolute Gasteiger partial charge is 0.270 e. The van der Waals surface area contributed by atoms with E-state index in [4.69, 9.17) is 11.6 Å². The molecule has 3 unspecified atom stereocenters. The first-order valence-corrected chi connectivity index (χ1v) is 11.3. The van der Waals surface area contributed by atoms with E-state index in [9.17, 15) is 9.18 Å². The third-order valence-electron chi connectivity index (χ3n) is 7.26. The molecule has 6 heteroatoms. The van der Waals surface area contributed by atoms with Crippen LogP contribution in [0.5, 0.6) is 0 Å². The van der Waals surface area contributed by atoms with Gasteiger partial charge < -0.3 is 5.32 Å². The quantitative estimate of drug-likeness (QED) is 0.564. The maximum atomic E-state index is 13.8. The first-order valence-electron chi connectivity index (χ1n) is 10.9. The molecule has 0 bridgehead atoms. The Bertz CT molecular complexity index is 1110. The number of halogens is 2. The van der Waals surface area contributed by atoms with E-state index < -0.39 is 0 Å². The van der Waals surface area contributed by atoms with Crippen molar-refractivity contribution in [3.63, 3.8) is 0 Å². The minimum absolute atomic E-state index is 0.102. The summed E-state index contributed by atoms with van der Waals surface area (Å²) in [7, 11) is 0. The lowest BCUT2D eigenvalue weighted by molar-refractivity contribution is 0.0920. The second-order valence-corrected chi connectivity index (χ2v) is 9.54. The molecular formula is C25H25ClFN3O. The van der Waals surface area contributed by atoms with E-state index >= 15 is 0 Å². The average molecular weight is 438 g/mol. The predicted octanol–water partition coefficient (Wildman–Crippen LogP) is 5.76. The summed E-state index contributed by atoms with van der Waals surface area (Å²) >= 11 is 5.86. The van der Waals surface area contributed by atoms with E-state index in [1.54, 1.807) is 24.3 Å². The van der Waals surface area contributed by atoms with Gasteiger partial charge in [0.2, 0.25) is 0 Å². The largest absolute Gasteiger partial charge is 0.348 e. The Morgan fingerprint density at radius 1 is 1.10 bits per heavy atom. The van der Waals surface area contributed by atoms with Gasteiger partial charge in [-0.15, -0.1) is 0 Å². The predicted molar refractivity (Wildman–Crippen MR) is 120 cm³/mol. The zero-order valence-electron chi connectivity index (χ0n) is 17.4. The summed E-state index contributed by atoms with van der Waals surface area (Å²) in [6.45, 7) is 2.09. The number of hydrogen-bond acceptors (Lipinski definition) is 3. The van der Waals surface area contributed by atoms with E-state index in [0.717, 1.165) is 36.6 Å². The van der Waals surface area contributed by atoms with Crippen molar-refractivity contribution in [1.82, 2.24) is 15.3 Å². The first kappa shape index (κ1) is 20.4. The molecule has 0 radical (unpaired) electrons. The Morgan fingerprint density at radius 3 is 2.58 bits per heavy atom. The van der Waals surface area contributed by atoms with Gasteiger partial charge in [0.25, 0.3) is 5.91 Å². The zero-order chi connectivity index (χ0) is 21.5. The topological polar surface area (TPSA) is 54.9 Å². The molecule has 0 saturated heterocycles. The molecule has 2 saturated carbocycles. The first-order chi connectivity index (χ1) is 15.0. The van der Waals surface area contributed by atoms with Crippen LogP contribution in [0.25, 0.3) is 10.9 Å². The third kappa shape index (κ3) is 4.03. The van der Waals surface area contributed by atoms with Gasteiger partial charge in [0.15, 0.2) is 0 Å². The minimum Gasteiger partial charge on any atom is -0.348 e. The van der Waals surface area contributed by atoms with Crippen molar-refractivity contribution in [1.29, 1.82) is 0 Å². The van der Waals surface area contributed by atoms with Crippen molar-refractivity contribution >= 4 is 28.4 Å². The Morgan fingerprint density at radius 2 is 1.87 bits per heavy atom. The summed E-state index contributed by atoms with van der Waals surface area (Å²) in [5.74, 6) is 1.87. The van der Waals surface area contributed by atoms with Gasteiger partial charge >= 0.3 is 0 Å². The number of carbonyl (C=O) groups is 1. The van der Waals surface area contributed by atoms with Crippen molar-refractivity contribution in [3.05, 3.63) is 70.9 Å². The van der Waals surface area contributed by atoms with Crippen molar-refractivity contribution in [2.24, 2.45) is 17.8 Å². The lowest BCUT2D eigenvalue weighted by Crippen LogP contribution is -2.37. The van der Waals surface area contributed by atoms with Gasteiger partial charge in [-0.05, 0) is 98.2 Å². The van der Waals surface area contributed by atoms with Crippen LogP contribution in [0.1, 0.15) is 54.6 Å². The lowest BCUT2D eigenvalue weighted by Gasteiger charge is -2.22. The van der Waals surface area contributed by atoms with Crippen LogP contribution in [0, 0.1) is 23.6 Å². The lowest BCUT2D eigenvalue weighted by atomic mass is 9.88. The Balaban J connectivity index is 1.23. The fraction of sp³-hybridized carbons (Fsp3) is 0.400. The van der Waals surface area contributed by atoms with Gasteiger partial charge in [-0.2, -0.15) is 0 Å². The SMILES string of the molecule is CC(NC(=O)c1ccc(Cl)cn1)C1C[C@H]2CC(c3ccnc4ccc(F)cc34)C[C@H]2C1. The van der Waals surface area contributed by atoms with Crippen LogP contribution in [-0.2, 0) is 0 Å². The molecule has 1 N–H and O–H groups in total. The van der Waals surface area contributed by atoms with Crippen LogP contribution in [0.2, 0.25) is 5.02 Å². The molecule has 2 aliphatic carbocycles. The van der Waals surface area contributed by atoms with E-state index in [-0.39, 0.29) is 17.8 Å². The van der Waals surface area contributed by atoms with E-state index in [1.807, 2.05) is 6.20 Å². The van der Waals surface area contributed by atoms with Gasteiger partial charge in [-0.3, -0.25) is 9.78 Å². The van der Waals surface area contributed by atoms with Crippen molar-refractivity contribution in [2.75, 3.05) is 0 Å². The molecule has 4 nitrogen and oxygen atoms in total. The molecule has 1 amide bonds. The highest BCUT2D eigenvalue weighted by molar-refractivity contribution is 6.30. The zero-order valence-corrected chi connectivity index (χ0v) is 18.1. The van der Waals surface area contributed by atoms with Gasteiger partial charge in [0.1, 0.15) is 11.5 Å². The number of amides is 1. The molecule has 0 aliphatic heterocycles. The number of pyridine rings is 2. The number of hydrogen-bond donors (Lipinski definition) is 1. The number of rotatable bonds is 4. The third-order valence-corrected chi connectivity index (χ3v) is 7.48. The normalized spacial score (nSPS) is 26.0. The van der Waals surface area contributed by atoms with Crippen LogP contribution in [0.15, 0.2) is 48.8 Å². The Hall–Kier alpha value is -2.53. The van der Waals surface area contributed by atoms with Crippen molar-refractivity contribution in [2.45, 2.75) is 44.6 Å². The summed E-state index contributed by atoms with van der Waals surface area (Å²) in [6.07, 6.45) is 7.82. The molecule has 2 aromatic heterocycles. The molecular weight excluding hydrogens is 413 g/mol. The highest BCUT2D eigenvalue weighted by Gasteiger charge is 2.44. The molecule has 1 aromatic carbocycles. The summed E-state index contributed by atoms with van der Waals surface area (Å²) in [4.78, 5) is 21.0. The van der Waals surface area contributed by atoms with Crippen molar-refractivity contribution in [3.8, 4) is 0 Å². The maximum absolute atomic E-state index is 13.8. The van der Waals surface area contributed by atoms with E-state index in [2.05, 4.69) is 28.3 Å². The van der Waals surface area contributed by atoms with Crippen molar-refractivity contribution < 1.29 is 9.18 Å². The van der Waals surface area contributed by atoms with Crippen LogP contribution in [0.4, 0.5) is 4.39 Å². The molecule has 2 heterocycles. The highest BCUT2D eigenvalue weighted by atomic mass is 35.5. The number of fused-ring (bicyclic) bond motifs is 2. The number of benzene rings is 1. The molecule has 2 aliphatic rings. The number of nitrogens with zero attached hydrogens (tertiary/aromatic N) is 2. The van der Waals surface area contributed by atoms with E-state index in [1.165, 1.54) is 17.8 Å². The Kier molecular flexibility index (Phi) is 5.39. The monoisotopic (exact) mass is 437 g/mol. The number of nitrogens with one attached hydrogen (secondary N) is 1. The molecule has 5 rings (SSSR count). The van der Waals surface area contributed by atoms with Crippen LogP contribution < -0.4 is 5.32 Å². The minimum atomic E-state index is -0.209. The second kappa shape index (κ2) is 8.19.